The minimum absolute atomic E-state index is 0.386. The first-order valence-electron chi connectivity index (χ1n) is 7.13. The Morgan fingerprint density at radius 1 is 1.33 bits per heavy atom. The molecule has 1 unspecified atom stereocenters. The molecule has 5 heteroatoms. The van der Waals surface area contributed by atoms with Crippen LogP contribution in [0.3, 0.4) is 0 Å². The highest BCUT2D eigenvalue weighted by atomic mass is 16.5. The van der Waals surface area contributed by atoms with E-state index in [2.05, 4.69) is 21.4 Å². The number of hydrogen-bond acceptors (Lipinski definition) is 5. The Bertz CT molecular complexity index is 632. The molecule has 0 bridgehead atoms. The summed E-state index contributed by atoms with van der Waals surface area (Å²) in [6.45, 7) is 0.386. The number of fused-ring (bicyclic) bond motifs is 1. The van der Waals surface area contributed by atoms with Gasteiger partial charge in [-0.25, -0.2) is 4.98 Å². The molecule has 1 aliphatic carbocycles. The van der Waals surface area contributed by atoms with Gasteiger partial charge in [0.05, 0.1) is 13.7 Å². The maximum Gasteiger partial charge on any atom is 0.226 e. The maximum absolute atomic E-state index is 11.0. The Kier molecular flexibility index (Phi) is 3.75. The van der Waals surface area contributed by atoms with Gasteiger partial charge in [-0.3, -0.25) is 0 Å². The molecule has 0 amide bonds. The van der Waals surface area contributed by atoms with Crippen LogP contribution in [0.5, 0.6) is 5.88 Å². The molecule has 0 saturated heterocycles. The summed E-state index contributed by atoms with van der Waals surface area (Å²) in [6, 6.07) is 9.76. The van der Waals surface area contributed by atoms with Gasteiger partial charge in [-0.15, -0.1) is 0 Å². The van der Waals surface area contributed by atoms with E-state index in [1.807, 2.05) is 18.2 Å². The largest absolute Gasteiger partial charge is 0.481 e. The lowest BCUT2D eigenvalue weighted by molar-refractivity contribution is 0.0321. The van der Waals surface area contributed by atoms with E-state index < -0.39 is 5.60 Å². The van der Waals surface area contributed by atoms with Gasteiger partial charge in [-0.1, -0.05) is 24.3 Å². The van der Waals surface area contributed by atoms with Crippen LogP contribution in [0.15, 0.2) is 36.5 Å². The van der Waals surface area contributed by atoms with Crippen LogP contribution in [0.25, 0.3) is 0 Å². The second kappa shape index (κ2) is 5.69. The molecule has 0 spiro atoms. The fraction of sp³-hybridized carbons (Fsp3) is 0.375. The van der Waals surface area contributed by atoms with Crippen molar-refractivity contribution in [2.45, 2.75) is 24.9 Å². The lowest BCUT2D eigenvalue weighted by Crippen LogP contribution is -2.37. The first-order chi connectivity index (χ1) is 10.2. The first kappa shape index (κ1) is 13.8. The average Bonchev–Trinajstić information content (AvgIpc) is 2.54. The van der Waals surface area contributed by atoms with Crippen molar-refractivity contribution in [3.8, 4) is 5.88 Å². The van der Waals surface area contributed by atoms with Crippen LogP contribution in [0.2, 0.25) is 0 Å². The molecular weight excluding hydrogens is 266 g/mol. The van der Waals surface area contributed by atoms with Crippen molar-refractivity contribution in [2.24, 2.45) is 0 Å². The van der Waals surface area contributed by atoms with Crippen LogP contribution in [-0.2, 0) is 12.0 Å². The van der Waals surface area contributed by atoms with Gasteiger partial charge in [-0.05, 0) is 30.4 Å². The summed E-state index contributed by atoms with van der Waals surface area (Å²) in [4.78, 5) is 8.35. The summed E-state index contributed by atoms with van der Waals surface area (Å²) >= 11 is 0. The molecule has 0 fully saturated rings. The molecule has 1 aromatic carbocycles. The van der Waals surface area contributed by atoms with Crippen LogP contribution in [-0.4, -0.2) is 28.7 Å². The molecule has 0 aliphatic heterocycles. The highest BCUT2D eigenvalue weighted by molar-refractivity contribution is 5.37. The monoisotopic (exact) mass is 285 g/mol. The zero-order valence-electron chi connectivity index (χ0n) is 12.0. The van der Waals surface area contributed by atoms with E-state index in [-0.39, 0.29) is 0 Å². The number of aromatic nitrogens is 2. The molecule has 0 saturated carbocycles. The fourth-order valence-corrected chi connectivity index (χ4v) is 2.85. The number of hydrogen-bond donors (Lipinski definition) is 2. The molecule has 1 aliphatic rings. The summed E-state index contributed by atoms with van der Waals surface area (Å²) in [5, 5.41) is 14.1. The van der Waals surface area contributed by atoms with Crippen LogP contribution in [0.4, 0.5) is 5.95 Å². The zero-order valence-corrected chi connectivity index (χ0v) is 12.0. The Morgan fingerprint density at radius 2 is 2.19 bits per heavy atom. The van der Waals surface area contributed by atoms with Crippen LogP contribution in [0, 0.1) is 0 Å². The number of nitrogens with zero attached hydrogens (tertiary/aromatic N) is 2. The summed E-state index contributed by atoms with van der Waals surface area (Å²) in [5.74, 6) is 0.967. The number of benzene rings is 1. The molecule has 5 nitrogen and oxygen atoms in total. The van der Waals surface area contributed by atoms with Crippen molar-refractivity contribution in [1.29, 1.82) is 0 Å². The van der Waals surface area contributed by atoms with E-state index in [0.29, 0.717) is 18.4 Å². The summed E-state index contributed by atoms with van der Waals surface area (Å²) in [6.07, 6.45) is 4.37. The number of aryl methyl sites for hydroxylation is 1. The van der Waals surface area contributed by atoms with Gasteiger partial charge in [0.15, 0.2) is 0 Å². The summed E-state index contributed by atoms with van der Waals surface area (Å²) in [5.41, 5.74) is 1.35. The lowest BCUT2D eigenvalue weighted by Gasteiger charge is -2.34. The maximum atomic E-state index is 11.0. The van der Waals surface area contributed by atoms with E-state index >= 15 is 0 Å². The van der Waals surface area contributed by atoms with Crippen LogP contribution < -0.4 is 10.1 Å². The highest BCUT2D eigenvalue weighted by Gasteiger charge is 2.34. The third-order valence-corrected chi connectivity index (χ3v) is 3.93. The predicted molar refractivity (Wildman–Crippen MR) is 80.4 cm³/mol. The smallest absolute Gasteiger partial charge is 0.226 e. The molecule has 2 aromatic rings. The van der Waals surface area contributed by atoms with Crippen molar-refractivity contribution in [3.63, 3.8) is 0 Å². The quantitative estimate of drug-likeness (QED) is 0.900. The van der Waals surface area contributed by atoms with Crippen molar-refractivity contribution in [3.05, 3.63) is 47.7 Å². The Balaban J connectivity index is 1.78. The number of aliphatic hydroxyl groups is 1. The molecule has 2 N–H and O–H groups in total. The molecular formula is C16H19N3O2. The number of nitrogens with one attached hydrogen (secondary N) is 1. The van der Waals surface area contributed by atoms with Crippen molar-refractivity contribution < 1.29 is 9.84 Å². The van der Waals surface area contributed by atoms with E-state index in [9.17, 15) is 5.11 Å². The molecule has 1 atom stereocenters. The van der Waals surface area contributed by atoms with E-state index in [1.54, 1.807) is 19.4 Å². The third-order valence-electron chi connectivity index (χ3n) is 3.93. The predicted octanol–water partition coefficient (Wildman–Crippen LogP) is 2.12. The van der Waals surface area contributed by atoms with E-state index in [1.165, 1.54) is 5.56 Å². The summed E-state index contributed by atoms with van der Waals surface area (Å²) < 4.78 is 5.07. The Morgan fingerprint density at radius 3 is 3.05 bits per heavy atom. The van der Waals surface area contributed by atoms with Gasteiger partial charge in [0, 0.05) is 12.3 Å². The molecule has 21 heavy (non-hydrogen) atoms. The normalized spacial score (nSPS) is 20.7. The SMILES string of the molecule is COc1ccnc(NCC2(O)CCCc3ccccc32)n1. The van der Waals surface area contributed by atoms with E-state index in [0.717, 1.165) is 24.8 Å². The van der Waals surface area contributed by atoms with Gasteiger partial charge in [0.25, 0.3) is 0 Å². The third kappa shape index (κ3) is 2.83. The number of ether oxygens (including phenoxy) is 1. The van der Waals surface area contributed by atoms with Crippen molar-refractivity contribution in [1.82, 2.24) is 9.97 Å². The molecule has 1 aromatic heterocycles. The number of rotatable bonds is 4. The second-order valence-corrected chi connectivity index (χ2v) is 5.32. The summed E-state index contributed by atoms with van der Waals surface area (Å²) in [7, 11) is 1.57. The topological polar surface area (TPSA) is 67.3 Å². The second-order valence-electron chi connectivity index (χ2n) is 5.32. The van der Waals surface area contributed by atoms with Gasteiger partial charge in [0.2, 0.25) is 11.8 Å². The van der Waals surface area contributed by atoms with Gasteiger partial charge < -0.3 is 15.2 Å². The Labute approximate surface area is 124 Å². The minimum atomic E-state index is -0.874. The Hall–Kier alpha value is -2.14. The van der Waals surface area contributed by atoms with Crippen molar-refractivity contribution >= 4 is 5.95 Å². The van der Waals surface area contributed by atoms with Crippen LogP contribution >= 0.6 is 0 Å². The molecule has 3 rings (SSSR count). The number of methoxy groups -OCH3 is 1. The van der Waals surface area contributed by atoms with Crippen LogP contribution in [0.1, 0.15) is 24.0 Å². The number of anilines is 1. The van der Waals surface area contributed by atoms with Crippen molar-refractivity contribution in [2.75, 3.05) is 19.0 Å². The molecule has 0 radical (unpaired) electrons. The standard InChI is InChI=1S/C16H19N3O2/c1-21-14-8-10-17-15(19-14)18-11-16(20)9-4-6-12-5-2-3-7-13(12)16/h2-3,5,7-8,10,20H,4,6,9,11H2,1H3,(H,17,18,19). The first-order valence-corrected chi connectivity index (χ1v) is 7.13. The van der Waals surface area contributed by atoms with E-state index in [4.69, 9.17) is 4.74 Å². The molecule has 110 valence electrons. The molecule has 1 heterocycles. The average molecular weight is 285 g/mol. The van der Waals surface area contributed by atoms with Gasteiger partial charge in [-0.2, -0.15) is 4.98 Å². The lowest BCUT2D eigenvalue weighted by atomic mass is 9.79. The van der Waals surface area contributed by atoms with Gasteiger partial charge >= 0.3 is 0 Å². The minimum Gasteiger partial charge on any atom is -0.481 e. The zero-order chi connectivity index (χ0) is 14.7. The highest BCUT2D eigenvalue weighted by Crippen LogP contribution is 2.35. The fourth-order valence-electron chi connectivity index (χ4n) is 2.85. The van der Waals surface area contributed by atoms with Gasteiger partial charge in [0.1, 0.15) is 5.60 Å².